The Hall–Kier alpha value is -1.80. The Labute approximate surface area is 192 Å². The minimum atomic E-state index is -3.25. The van der Waals surface area contributed by atoms with Gasteiger partial charge in [0, 0.05) is 44.0 Å². The lowest BCUT2D eigenvalue weighted by Crippen LogP contribution is -2.52. The highest BCUT2D eigenvalue weighted by Crippen LogP contribution is 2.34. The van der Waals surface area contributed by atoms with Gasteiger partial charge in [0.05, 0.1) is 19.0 Å². The molecule has 0 amide bonds. The molecule has 2 atom stereocenters. The number of rotatable bonds is 8. The van der Waals surface area contributed by atoms with Gasteiger partial charge in [0.1, 0.15) is 0 Å². The van der Waals surface area contributed by atoms with Gasteiger partial charge in [-0.25, -0.2) is 13.1 Å². The minimum absolute atomic E-state index is 0.0700. The van der Waals surface area contributed by atoms with Gasteiger partial charge in [0.15, 0.2) is 0 Å². The van der Waals surface area contributed by atoms with Crippen molar-refractivity contribution in [2.45, 2.75) is 56.7 Å². The Balaban J connectivity index is 1.32. The van der Waals surface area contributed by atoms with Crippen LogP contribution in [0.1, 0.15) is 49.1 Å². The van der Waals surface area contributed by atoms with Gasteiger partial charge in [-0.05, 0) is 61.3 Å². The van der Waals surface area contributed by atoms with Crippen molar-refractivity contribution >= 4 is 10.0 Å². The molecule has 0 radical (unpaired) electrons. The second-order valence-corrected chi connectivity index (χ2v) is 11.1. The zero-order valence-corrected chi connectivity index (χ0v) is 19.7. The molecule has 1 aromatic heterocycles. The molecule has 7 heteroatoms. The van der Waals surface area contributed by atoms with Crippen molar-refractivity contribution in [2.24, 2.45) is 5.92 Å². The molecular formula is C25H35N3O3S. The molecule has 1 saturated carbocycles. The third-order valence-corrected chi connectivity index (χ3v) is 7.56. The zero-order chi connectivity index (χ0) is 22.4. The normalized spacial score (nSPS) is 27.3. The molecule has 2 aromatic rings. The largest absolute Gasteiger partial charge is 0.378 e. The van der Waals surface area contributed by atoms with Crippen molar-refractivity contribution < 1.29 is 13.2 Å². The predicted molar refractivity (Wildman–Crippen MR) is 127 cm³/mol. The molecule has 2 heterocycles. The van der Waals surface area contributed by atoms with Crippen molar-refractivity contribution in [3.05, 3.63) is 66.0 Å². The average molecular weight is 458 g/mol. The maximum Gasteiger partial charge on any atom is 0.208 e. The van der Waals surface area contributed by atoms with Crippen LogP contribution in [0.5, 0.6) is 0 Å². The maximum atomic E-state index is 11.9. The molecule has 1 aliphatic heterocycles. The Bertz CT molecular complexity index is 931. The van der Waals surface area contributed by atoms with Gasteiger partial charge < -0.3 is 4.74 Å². The summed E-state index contributed by atoms with van der Waals surface area (Å²) in [5.74, 6) is 0.772. The molecule has 32 heavy (non-hydrogen) atoms. The topological polar surface area (TPSA) is 71.5 Å². The fraction of sp³-hybridized carbons (Fsp3) is 0.560. The van der Waals surface area contributed by atoms with Crippen LogP contribution < -0.4 is 4.72 Å². The van der Waals surface area contributed by atoms with E-state index >= 15 is 0 Å². The summed E-state index contributed by atoms with van der Waals surface area (Å²) in [6, 6.07) is 14.8. The number of ether oxygens (including phenoxy) is 1. The lowest BCUT2D eigenvalue weighted by Gasteiger charge is -2.39. The molecule has 0 spiro atoms. The average Bonchev–Trinajstić information content (AvgIpc) is 2.80. The molecule has 6 nitrogen and oxygen atoms in total. The zero-order valence-electron chi connectivity index (χ0n) is 18.9. The summed E-state index contributed by atoms with van der Waals surface area (Å²) >= 11 is 0. The first-order valence-electron chi connectivity index (χ1n) is 11.7. The number of benzene rings is 1. The Kier molecular flexibility index (Phi) is 7.94. The number of likely N-dealkylation sites (tertiary alicyclic amines) is 1. The highest BCUT2D eigenvalue weighted by molar-refractivity contribution is 7.88. The summed E-state index contributed by atoms with van der Waals surface area (Å²) in [5.41, 5.74) is 2.66. The number of hydrogen-bond donors (Lipinski definition) is 1. The highest BCUT2D eigenvalue weighted by Gasteiger charge is 2.32. The van der Waals surface area contributed by atoms with Crippen LogP contribution in [0, 0.1) is 5.92 Å². The summed E-state index contributed by atoms with van der Waals surface area (Å²) in [4.78, 5) is 6.50. The third kappa shape index (κ3) is 6.85. The molecule has 1 unspecified atom stereocenters. The van der Waals surface area contributed by atoms with E-state index < -0.39 is 10.0 Å². The molecule has 2 fully saturated rings. The predicted octanol–water partition coefficient (Wildman–Crippen LogP) is 3.56. The molecule has 1 aromatic carbocycles. The van der Waals surface area contributed by atoms with Crippen LogP contribution >= 0.6 is 0 Å². The summed E-state index contributed by atoms with van der Waals surface area (Å²) in [5, 5.41) is 0. The maximum absolute atomic E-state index is 11.9. The van der Waals surface area contributed by atoms with Crippen molar-refractivity contribution in [3.8, 4) is 0 Å². The fourth-order valence-corrected chi connectivity index (χ4v) is 6.00. The van der Waals surface area contributed by atoms with Gasteiger partial charge in [-0.1, -0.05) is 30.3 Å². The summed E-state index contributed by atoms with van der Waals surface area (Å²) < 4.78 is 33.1. The number of aromatic nitrogens is 1. The van der Waals surface area contributed by atoms with Crippen molar-refractivity contribution in [3.63, 3.8) is 0 Å². The van der Waals surface area contributed by atoms with E-state index in [9.17, 15) is 8.42 Å². The van der Waals surface area contributed by atoms with Gasteiger partial charge in [-0.2, -0.15) is 0 Å². The lowest BCUT2D eigenvalue weighted by molar-refractivity contribution is -0.0179. The molecule has 1 N–H and O–H groups in total. The van der Waals surface area contributed by atoms with Crippen LogP contribution in [0.25, 0.3) is 0 Å². The van der Waals surface area contributed by atoms with E-state index in [4.69, 9.17) is 4.74 Å². The van der Waals surface area contributed by atoms with Gasteiger partial charge in [0.25, 0.3) is 0 Å². The van der Waals surface area contributed by atoms with Gasteiger partial charge in [0.2, 0.25) is 10.0 Å². The summed E-state index contributed by atoms with van der Waals surface area (Å²) in [7, 11) is -3.25. The number of nitrogens with zero attached hydrogens (tertiary/aromatic N) is 2. The fourth-order valence-electron chi connectivity index (χ4n) is 5.14. The van der Waals surface area contributed by atoms with Crippen LogP contribution in [0.4, 0.5) is 0 Å². The first-order valence-corrected chi connectivity index (χ1v) is 13.6. The lowest BCUT2D eigenvalue weighted by atomic mass is 9.82. The summed E-state index contributed by atoms with van der Waals surface area (Å²) in [6.07, 6.45) is 10.4. The van der Waals surface area contributed by atoms with Gasteiger partial charge >= 0.3 is 0 Å². The summed E-state index contributed by atoms with van der Waals surface area (Å²) in [6.45, 7) is 3.15. The van der Waals surface area contributed by atoms with Crippen LogP contribution in [0.3, 0.4) is 0 Å². The molecule has 1 saturated heterocycles. The van der Waals surface area contributed by atoms with Crippen LogP contribution in [0.15, 0.2) is 54.9 Å². The van der Waals surface area contributed by atoms with E-state index in [0.717, 1.165) is 51.7 Å². The molecule has 1 aliphatic carbocycles. The minimum Gasteiger partial charge on any atom is -0.378 e. The molecule has 0 bridgehead atoms. The molecule has 174 valence electrons. The van der Waals surface area contributed by atoms with E-state index in [0.29, 0.717) is 12.5 Å². The first kappa shape index (κ1) is 23.4. The van der Waals surface area contributed by atoms with Crippen molar-refractivity contribution in [1.82, 2.24) is 14.6 Å². The number of sulfonamides is 1. The van der Waals surface area contributed by atoms with Crippen LogP contribution in [-0.2, 0) is 21.3 Å². The standard InChI is InChI=1S/C25H35N3O3S/c1-32(29,30)27-25-13-16-28(17-20-11-14-26-15-12-20)18-23(25)19-31-24-9-7-22(8-10-24)21-5-3-2-4-6-21/h2-6,11-12,14-15,22-25,27H,7-10,13,16-19H2,1H3/t22?,23?,24?,25-/m0/s1. The quantitative estimate of drug-likeness (QED) is 0.656. The first-order chi connectivity index (χ1) is 15.5. The number of pyridine rings is 1. The van der Waals surface area contributed by atoms with Crippen molar-refractivity contribution in [2.75, 3.05) is 26.0 Å². The van der Waals surface area contributed by atoms with E-state index in [-0.39, 0.29) is 18.1 Å². The Morgan fingerprint density at radius 2 is 1.75 bits per heavy atom. The van der Waals surface area contributed by atoms with E-state index in [1.807, 2.05) is 24.5 Å². The van der Waals surface area contributed by atoms with E-state index in [1.54, 1.807) is 0 Å². The Morgan fingerprint density at radius 1 is 1.03 bits per heavy atom. The second-order valence-electron chi connectivity index (χ2n) is 9.35. The number of hydrogen-bond acceptors (Lipinski definition) is 5. The van der Waals surface area contributed by atoms with Crippen molar-refractivity contribution in [1.29, 1.82) is 0 Å². The van der Waals surface area contributed by atoms with Gasteiger partial charge in [-0.3, -0.25) is 9.88 Å². The van der Waals surface area contributed by atoms with Crippen LogP contribution in [0.2, 0.25) is 0 Å². The highest BCUT2D eigenvalue weighted by atomic mass is 32.2. The smallest absolute Gasteiger partial charge is 0.208 e. The van der Waals surface area contributed by atoms with Crippen LogP contribution in [-0.4, -0.2) is 56.4 Å². The third-order valence-electron chi connectivity index (χ3n) is 6.83. The molecule has 4 rings (SSSR count). The molecular weight excluding hydrogens is 422 g/mol. The van der Waals surface area contributed by atoms with E-state index in [1.165, 1.54) is 17.4 Å². The van der Waals surface area contributed by atoms with E-state index in [2.05, 4.69) is 44.9 Å². The van der Waals surface area contributed by atoms with Gasteiger partial charge in [-0.15, -0.1) is 0 Å². The Morgan fingerprint density at radius 3 is 2.44 bits per heavy atom. The monoisotopic (exact) mass is 457 g/mol. The second kappa shape index (κ2) is 10.9. The molecule has 2 aliphatic rings. The number of nitrogens with one attached hydrogen (secondary N) is 1. The number of piperidine rings is 1. The SMILES string of the molecule is CS(=O)(=O)N[C@H]1CCN(Cc2ccncc2)CC1COC1CCC(c2ccccc2)CC1.